The van der Waals surface area contributed by atoms with Crippen LogP contribution >= 0.6 is 0 Å². The summed E-state index contributed by atoms with van der Waals surface area (Å²) >= 11 is 0. The Balaban J connectivity index is 1.84. The van der Waals surface area contributed by atoms with Gasteiger partial charge in [0.1, 0.15) is 6.04 Å². The van der Waals surface area contributed by atoms with Crippen molar-refractivity contribution in [3.05, 3.63) is 53.3 Å². The Morgan fingerprint density at radius 3 is 2.62 bits per heavy atom. The molecular weight excluding hydrogens is 404 g/mol. The molecule has 3 heterocycles. The van der Waals surface area contributed by atoms with Crippen LogP contribution in [-0.4, -0.2) is 58.4 Å². The van der Waals surface area contributed by atoms with E-state index in [2.05, 4.69) is 9.38 Å². The van der Waals surface area contributed by atoms with Crippen LogP contribution in [0, 0.1) is 0 Å². The number of hydrogen-bond acceptors (Lipinski definition) is 7. The van der Waals surface area contributed by atoms with Gasteiger partial charge >= 0.3 is 22.4 Å². The minimum atomic E-state index is -4.94. The van der Waals surface area contributed by atoms with Gasteiger partial charge in [-0.15, -0.1) is 4.28 Å². The molecule has 0 radical (unpaired) electrons. The highest BCUT2D eigenvalue weighted by atomic mass is 32.3. The number of nitrogens with zero attached hydrogens (tertiary/aromatic N) is 4. The minimum Gasteiger partial charge on any atom is -0.467 e. The normalized spacial score (nSPS) is 21.8. The van der Waals surface area contributed by atoms with Gasteiger partial charge in [-0.1, -0.05) is 30.3 Å². The summed E-state index contributed by atoms with van der Waals surface area (Å²) in [5.41, 5.74) is 1.76. The summed E-state index contributed by atoms with van der Waals surface area (Å²) in [6, 6.07) is 6.27. The van der Waals surface area contributed by atoms with Gasteiger partial charge in [-0.05, 0) is 12.5 Å². The number of methoxy groups -OCH3 is 1. The van der Waals surface area contributed by atoms with Crippen LogP contribution in [0.25, 0.3) is 0 Å². The number of fused-ring (bicyclic) bond motifs is 4. The van der Waals surface area contributed by atoms with Crippen molar-refractivity contribution in [2.75, 3.05) is 13.7 Å². The predicted molar refractivity (Wildman–Crippen MR) is 96.6 cm³/mol. The molecule has 1 N–H and O–H groups in total. The molecule has 3 atom stereocenters. The SMILES string of the molecule is COC(=O)C1c2c(cnn2C(C)c2ccccc2)C2CN1C(=O)N2OS(=O)(=O)O. The van der Waals surface area contributed by atoms with E-state index in [1.165, 1.54) is 13.3 Å². The molecule has 1 fully saturated rings. The van der Waals surface area contributed by atoms with Gasteiger partial charge < -0.3 is 9.64 Å². The third kappa shape index (κ3) is 3.14. The second-order valence-corrected chi connectivity index (χ2v) is 7.73. The zero-order chi connectivity index (χ0) is 20.9. The van der Waals surface area contributed by atoms with Crippen molar-refractivity contribution >= 4 is 22.4 Å². The second-order valence-electron chi connectivity index (χ2n) is 6.72. The molecule has 4 rings (SSSR count). The van der Waals surface area contributed by atoms with Crippen molar-refractivity contribution in [2.24, 2.45) is 0 Å². The quantitative estimate of drug-likeness (QED) is 0.562. The molecular formula is C17H18N4O7S. The van der Waals surface area contributed by atoms with Gasteiger partial charge in [0, 0.05) is 5.56 Å². The molecule has 29 heavy (non-hydrogen) atoms. The lowest BCUT2D eigenvalue weighted by Crippen LogP contribution is -2.40. The molecule has 1 saturated heterocycles. The number of carbonyl (C=O) groups excluding carboxylic acids is 2. The van der Waals surface area contributed by atoms with E-state index in [0.717, 1.165) is 10.5 Å². The fraction of sp³-hybridized carbons (Fsp3) is 0.353. The van der Waals surface area contributed by atoms with E-state index in [1.807, 2.05) is 37.3 Å². The lowest BCUT2D eigenvalue weighted by Gasteiger charge is -2.30. The standard InChI is InChI=1S/C17H18N4O7S/c1-10(11-6-4-3-5-7-11)20-14-12(8-18-20)13-9-19(15(14)16(22)27-2)17(23)21(13)28-29(24,25)26/h3-8,10,13,15H,9H2,1-2H3,(H,24,25,26). The predicted octanol–water partition coefficient (Wildman–Crippen LogP) is 1.23. The first-order chi connectivity index (χ1) is 13.7. The monoisotopic (exact) mass is 422 g/mol. The van der Waals surface area contributed by atoms with Crippen LogP contribution in [0.5, 0.6) is 0 Å². The van der Waals surface area contributed by atoms with Gasteiger partial charge in [-0.3, -0.25) is 9.23 Å². The Bertz CT molecular complexity index is 1070. The van der Waals surface area contributed by atoms with Crippen LogP contribution < -0.4 is 0 Å². The van der Waals surface area contributed by atoms with Crippen molar-refractivity contribution in [3.8, 4) is 0 Å². The first-order valence-electron chi connectivity index (χ1n) is 8.70. The highest BCUT2D eigenvalue weighted by molar-refractivity contribution is 7.80. The van der Waals surface area contributed by atoms with E-state index in [1.54, 1.807) is 4.68 Å². The van der Waals surface area contributed by atoms with Crippen molar-refractivity contribution in [1.29, 1.82) is 0 Å². The minimum absolute atomic E-state index is 0.0213. The van der Waals surface area contributed by atoms with Crippen LogP contribution in [0.3, 0.4) is 0 Å². The molecule has 2 amide bonds. The van der Waals surface area contributed by atoms with E-state index >= 15 is 0 Å². The van der Waals surface area contributed by atoms with Crippen LogP contribution in [0.1, 0.15) is 41.9 Å². The second kappa shape index (κ2) is 6.83. The lowest BCUT2D eigenvalue weighted by atomic mass is 9.97. The number of carbonyl (C=O) groups is 2. The molecule has 1 aromatic heterocycles. The number of hydroxylamine groups is 2. The number of benzene rings is 1. The van der Waals surface area contributed by atoms with E-state index in [9.17, 15) is 18.0 Å². The van der Waals surface area contributed by atoms with Gasteiger partial charge in [0.05, 0.1) is 31.6 Å². The van der Waals surface area contributed by atoms with Crippen LogP contribution in [0.4, 0.5) is 4.79 Å². The summed E-state index contributed by atoms with van der Waals surface area (Å²) in [4.78, 5) is 26.4. The zero-order valence-electron chi connectivity index (χ0n) is 15.5. The fourth-order valence-corrected chi connectivity index (χ4v) is 4.20. The van der Waals surface area contributed by atoms with E-state index in [0.29, 0.717) is 16.3 Å². The number of amides is 2. The van der Waals surface area contributed by atoms with Crippen molar-refractivity contribution in [3.63, 3.8) is 0 Å². The van der Waals surface area contributed by atoms with E-state index in [4.69, 9.17) is 9.29 Å². The van der Waals surface area contributed by atoms with Gasteiger partial charge in [-0.25, -0.2) is 9.59 Å². The number of rotatable bonds is 5. The van der Waals surface area contributed by atoms with Crippen molar-refractivity contribution < 1.29 is 31.6 Å². The highest BCUT2D eigenvalue weighted by Crippen LogP contribution is 2.45. The Kier molecular flexibility index (Phi) is 4.56. The molecule has 0 spiro atoms. The van der Waals surface area contributed by atoms with Gasteiger partial charge in [0.2, 0.25) is 0 Å². The molecule has 2 bridgehead atoms. The zero-order valence-corrected chi connectivity index (χ0v) is 16.3. The first kappa shape index (κ1) is 19.4. The summed E-state index contributed by atoms with van der Waals surface area (Å²) in [7, 11) is -3.75. The van der Waals surface area contributed by atoms with Crippen LogP contribution in [0.2, 0.25) is 0 Å². The highest BCUT2D eigenvalue weighted by Gasteiger charge is 2.54. The molecule has 2 aliphatic heterocycles. The number of ether oxygens (including phenoxy) is 1. The van der Waals surface area contributed by atoms with E-state index in [-0.39, 0.29) is 12.6 Å². The number of hydrogen-bond donors (Lipinski definition) is 1. The third-order valence-electron chi connectivity index (χ3n) is 5.13. The van der Waals surface area contributed by atoms with E-state index < -0.39 is 34.5 Å². The maximum Gasteiger partial charge on any atom is 0.418 e. The number of aromatic nitrogens is 2. The molecule has 2 aromatic rings. The average Bonchev–Trinajstić information content (AvgIpc) is 3.24. The Morgan fingerprint density at radius 2 is 2.00 bits per heavy atom. The Hall–Kier alpha value is -2.96. The molecule has 0 aliphatic carbocycles. The molecule has 1 aromatic carbocycles. The molecule has 2 aliphatic rings. The van der Waals surface area contributed by atoms with Crippen molar-refractivity contribution in [1.82, 2.24) is 19.7 Å². The fourth-order valence-electron chi connectivity index (χ4n) is 3.83. The number of urea groups is 1. The van der Waals surface area contributed by atoms with Gasteiger partial charge in [-0.2, -0.15) is 18.6 Å². The summed E-state index contributed by atoms with van der Waals surface area (Å²) in [6.07, 6.45) is 1.46. The lowest BCUT2D eigenvalue weighted by molar-refractivity contribution is -0.146. The summed E-state index contributed by atoms with van der Waals surface area (Å²) < 4.78 is 42.5. The third-order valence-corrected chi connectivity index (χ3v) is 5.48. The first-order valence-corrected chi connectivity index (χ1v) is 10.1. The Morgan fingerprint density at radius 1 is 1.31 bits per heavy atom. The Labute approximate surface area is 166 Å². The van der Waals surface area contributed by atoms with Crippen LogP contribution in [-0.2, 0) is 24.2 Å². The average molecular weight is 422 g/mol. The maximum atomic E-state index is 12.7. The smallest absolute Gasteiger partial charge is 0.418 e. The van der Waals surface area contributed by atoms with Gasteiger partial charge in [0.15, 0.2) is 6.04 Å². The van der Waals surface area contributed by atoms with Gasteiger partial charge in [0.25, 0.3) is 0 Å². The summed E-state index contributed by atoms with van der Waals surface area (Å²) in [5.74, 6) is -0.700. The number of esters is 1. The molecule has 3 unspecified atom stereocenters. The molecule has 11 nitrogen and oxygen atoms in total. The molecule has 12 heteroatoms. The maximum absolute atomic E-state index is 12.7. The summed E-state index contributed by atoms with van der Waals surface area (Å²) in [6.45, 7) is 1.86. The summed E-state index contributed by atoms with van der Waals surface area (Å²) in [5, 5.41) is 4.93. The molecule has 154 valence electrons. The topological polar surface area (TPSA) is 131 Å². The molecule has 0 saturated carbocycles. The largest absolute Gasteiger partial charge is 0.467 e. The van der Waals surface area contributed by atoms with Crippen molar-refractivity contribution in [2.45, 2.75) is 25.0 Å². The van der Waals surface area contributed by atoms with Crippen LogP contribution in [0.15, 0.2) is 36.5 Å².